The summed E-state index contributed by atoms with van der Waals surface area (Å²) in [6.07, 6.45) is 6.56. The molecule has 0 aliphatic heterocycles. The van der Waals surface area contributed by atoms with Crippen molar-refractivity contribution in [3.8, 4) is 0 Å². The van der Waals surface area contributed by atoms with Gasteiger partial charge in [0.2, 0.25) is 5.95 Å². The summed E-state index contributed by atoms with van der Waals surface area (Å²) in [5, 5.41) is 3.21. The zero-order chi connectivity index (χ0) is 13.2. The lowest BCUT2D eigenvalue weighted by atomic mass is 9.94. The minimum absolute atomic E-state index is 0.388. The van der Waals surface area contributed by atoms with E-state index in [1.807, 2.05) is 0 Å². The van der Waals surface area contributed by atoms with Crippen molar-refractivity contribution in [1.29, 1.82) is 0 Å². The van der Waals surface area contributed by atoms with E-state index in [4.69, 9.17) is 5.73 Å². The zero-order valence-corrected chi connectivity index (χ0v) is 12.1. The molecule has 0 unspecified atom stereocenters. The van der Waals surface area contributed by atoms with Gasteiger partial charge in [0.15, 0.2) is 0 Å². The van der Waals surface area contributed by atoms with Gasteiger partial charge in [0, 0.05) is 12.6 Å². The maximum absolute atomic E-state index is 5.86. The van der Waals surface area contributed by atoms with Crippen LogP contribution in [0.5, 0.6) is 0 Å². The van der Waals surface area contributed by atoms with E-state index >= 15 is 0 Å². The second kappa shape index (κ2) is 5.33. The van der Waals surface area contributed by atoms with Crippen LogP contribution in [0.3, 0.4) is 0 Å². The Bertz CT molecular complexity index is 560. The van der Waals surface area contributed by atoms with Crippen molar-refractivity contribution in [3.63, 3.8) is 0 Å². The van der Waals surface area contributed by atoms with Crippen LogP contribution < -0.4 is 10.6 Å². The van der Waals surface area contributed by atoms with Gasteiger partial charge in [-0.1, -0.05) is 19.3 Å². The SMILES string of the molecule is CCN(c1nc(N)nc2sccc12)C1CCCCC1. The van der Waals surface area contributed by atoms with Gasteiger partial charge in [-0.2, -0.15) is 4.98 Å². The van der Waals surface area contributed by atoms with Crippen LogP contribution in [0.4, 0.5) is 11.8 Å². The average molecular weight is 276 g/mol. The fourth-order valence-corrected chi connectivity index (χ4v) is 3.81. The van der Waals surface area contributed by atoms with Crippen LogP contribution >= 0.6 is 11.3 Å². The highest BCUT2D eigenvalue weighted by atomic mass is 32.1. The fraction of sp³-hybridized carbons (Fsp3) is 0.571. The van der Waals surface area contributed by atoms with Gasteiger partial charge in [0.1, 0.15) is 10.6 Å². The van der Waals surface area contributed by atoms with Gasteiger partial charge in [0.05, 0.1) is 5.39 Å². The van der Waals surface area contributed by atoms with Gasteiger partial charge in [-0.15, -0.1) is 11.3 Å². The standard InChI is InChI=1S/C14H20N4S/c1-2-18(10-6-4-3-5-7-10)12-11-8-9-19-13(11)17-14(15)16-12/h8-10H,2-7H2,1H3,(H2,15,16,17). The Balaban J connectivity index is 2.02. The van der Waals surface area contributed by atoms with Gasteiger partial charge in [-0.25, -0.2) is 4.98 Å². The second-order valence-corrected chi connectivity index (χ2v) is 6.02. The largest absolute Gasteiger partial charge is 0.368 e. The number of nitrogens with two attached hydrogens (primary N) is 1. The highest BCUT2D eigenvalue weighted by Crippen LogP contribution is 2.32. The van der Waals surface area contributed by atoms with Gasteiger partial charge >= 0.3 is 0 Å². The van der Waals surface area contributed by atoms with Gasteiger partial charge in [0.25, 0.3) is 0 Å². The Hall–Kier alpha value is -1.36. The smallest absolute Gasteiger partial charge is 0.223 e. The lowest BCUT2D eigenvalue weighted by molar-refractivity contribution is 0.417. The summed E-state index contributed by atoms with van der Waals surface area (Å²) in [5.74, 6) is 1.41. The quantitative estimate of drug-likeness (QED) is 0.933. The third-order valence-electron chi connectivity index (χ3n) is 3.95. The monoisotopic (exact) mass is 276 g/mol. The molecule has 4 nitrogen and oxygen atoms in total. The van der Waals surface area contributed by atoms with Crippen molar-refractivity contribution in [3.05, 3.63) is 11.4 Å². The second-order valence-electron chi connectivity index (χ2n) is 5.12. The number of hydrogen-bond donors (Lipinski definition) is 1. The van der Waals surface area contributed by atoms with E-state index in [0.29, 0.717) is 12.0 Å². The number of nitrogens with zero attached hydrogens (tertiary/aromatic N) is 3. The molecule has 0 saturated heterocycles. The van der Waals surface area contributed by atoms with E-state index in [0.717, 1.165) is 22.6 Å². The number of hydrogen-bond acceptors (Lipinski definition) is 5. The molecule has 0 atom stereocenters. The molecule has 1 saturated carbocycles. The highest BCUT2D eigenvalue weighted by Gasteiger charge is 2.23. The van der Waals surface area contributed by atoms with Crippen LogP contribution in [0.1, 0.15) is 39.0 Å². The van der Waals surface area contributed by atoms with E-state index in [1.54, 1.807) is 11.3 Å². The number of rotatable bonds is 3. The Kier molecular flexibility index (Phi) is 3.55. The van der Waals surface area contributed by atoms with Crippen molar-refractivity contribution in [1.82, 2.24) is 9.97 Å². The van der Waals surface area contributed by atoms with Crippen LogP contribution in [0.25, 0.3) is 10.2 Å². The summed E-state index contributed by atoms with van der Waals surface area (Å²) < 4.78 is 0. The number of aromatic nitrogens is 2. The molecule has 2 aromatic heterocycles. The summed E-state index contributed by atoms with van der Waals surface area (Å²) in [7, 11) is 0. The summed E-state index contributed by atoms with van der Waals surface area (Å²) in [6.45, 7) is 3.18. The normalized spacial score (nSPS) is 16.9. The lowest BCUT2D eigenvalue weighted by Gasteiger charge is -2.34. The molecule has 5 heteroatoms. The molecule has 1 aliphatic carbocycles. The van der Waals surface area contributed by atoms with E-state index in [-0.39, 0.29) is 0 Å². The van der Waals surface area contributed by atoms with Gasteiger partial charge < -0.3 is 10.6 Å². The fourth-order valence-electron chi connectivity index (χ4n) is 3.05. The maximum atomic E-state index is 5.86. The lowest BCUT2D eigenvalue weighted by Crippen LogP contribution is -2.37. The van der Waals surface area contributed by atoms with Crippen molar-refractivity contribution in [2.75, 3.05) is 17.2 Å². The first-order chi connectivity index (χ1) is 9.29. The van der Waals surface area contributed by atoms with Crippen molar-refractivity contribution in [2.24, 2.45) is 0 Å². The third-order valence-corrected chi connectivity index (χ3v) is 4.76. The van der Waals surface area contributed by atoms with Crippen LogP contribution in [-0.4, -0.2) is 22.6 Å². The molecular weight excluding hydrogens is 256 g/mol. The third kappa shape index (κ3) is 2.39. The van der Waals surface area contributed by atoms with E-state index in [2.05, 4.69) is 33.2 Å². The molecule has 0 bridgehead atoms. The minimum Gasteiger partial charge on any atom is -0.368 e. The van der Waals surface area contributed by atoms with E-state index in [1.165, 1.54) is 32.1 Å². The molecule has 2 aromatic rings. The minimum atomic E-state index is 0.388. The molecule has 1 fully saturated rings. The topological polar surface area (TPSA) is 55.0 Å². The molecule has 2 N–H and O–H groups in total. The predicted molar refractivity (Wildman–Crippen MR) is 81.7 cm³/mol. The number of anilines is 2. The Morgan fingerprint density at radius 1 is 1.32 bits per heavy atom. The molecule has 3 rings (SSSR count). The Morgan fingerprint density at radius 2 is 2.11 bits per heavy atom. The summed E-state index contributed by atoms with van der Waals surface area (Å²) in [6, 6.07) is 2.72. The molecule has 102 valence electrons. The average Bonchev–Trinajstić information content (AvgIpc) is 2.89. The van der Waals surface area contributed by atoms with Crippen LogP contribution in [-0.2, 0) is 0 Å². The molecule has 19 heavy (non-hydrogen) atoms. The summed E-state index contributed by atoms with van der Waals surface area (Å²) >= 11 is 1.63. The van der Waals surface area contributed by atoms with Gasteiger partial charge in [-0.3, -0.25) is 0 Å². The molecule has 0 aromatic carbocycles. The number of nitrogen functional groups attached to an aromatic ring is 1. The van der Waals surface area contributed by atoms with Gasteiger partial charge in [-0.05, 0) is 31.2 Å². The molecule has 0 amide bonds. The molecular formula is C14H20N4S. The first kappa shape index (κ1) is 12.7. The summed E-state index contributed by atoms with van der Waals surface area (Å²) in [4.78, 5) is 12.3. The van der Waals surface area contributed by atoms with Crippen LogP contribution in [0, 0.1) is 0 Å². The van der Waals surface area contributed by atoms with Crippen LogP contribution in [0.15, 0.2) is 11.4 Å². The van der Waals surface area contributed by atoms with E-state index < -0.39 is 0 Å². The van der Waals surface area contributed by atoms with Crippen molar-refractivity contribution >= 4 is 33.3 Å². The number of thiophene rings is 1. The molecule has 0 radical (unpaired) electrons. The van der Waals surface area contributed by atoms with E-state index in [9.17, 15) is 0 Å². The molecule has 1 aliphatic rings. The zero-order valence-electron chi connectivity index (χ0n) is 11.3. The first-order valence-electron chi connectivity index (χ1n) is 7.07. The summed E-state index contributed by atoms with van der Waals surface area (Å²) in [5.41, 5.74) is 5.86. The Morgan fingerprint density at radius 3 is 2.84 bits per heavy atom. The Labute approximate surface area is 117 Å². The molecule has 2 heterocycles. The highest BCUT2D eigenvalue weighted by molar-refractivity contribution is 7.16. The first-order valence-corrected chi connectivity index (χ1v) is 7.95. The number of fused-ring (bicyclic) bond motifs is 1. The van der Waals surface area contributed by atoms with Crippen LogP contribution in [0.2, 0.25) is 0 Å². The van der Waals surface area contributed by atoms with Crippen molar-refractivity contribution < 1.29 is 0 Å². The van der Waals surface area contributed by atoms with Crippen molar-refractivity contribution in [2.45, 2.75) is 45.1 Å². The maximum Gasteiger partial charge on any atom is 0.223 e. The predicted octanol–water partition coefficient (Wildman–Crippen LogP) is 3.43. The molecule has 0 spiro atoms.